The third-order valence-corrected chi connectivity index (χ3v) is 5.64. The molecule has 0 bridgehead atoms. The number of aromatic hydroxyl groups is 1. The zero-order valence-corrected chi connectivity index (χ0v) is 17.5. The van der Waals surface area contributed by atoms with Crippen LogP contribution in [0.25, 0.3) is 50.6 Å². The second kappa shape index (κ2) is 7.45. The zero-order valence-electron chi connectivity index (χ0n) is 17.5. The van der Waals surface area contributed by atoms with Gasteiger partial charge in [0, 0.05) is 22.9 Å². The predicted octanol–water partition coefficient (Wildman–Crippen LogP) is 5.65. The van der Waals surface area contributed by atoms with Gasteiger partial charge in [-0.25, -0.2) is 0 Å². The van der Waals surface area contributed by atoms with Crippen LogP contribution in [0.15, 0.2) is 88.2 Å². The molecule has 0 atom stereocenters. The van der Waals surface area contributed by atoms with Gasteiger partial charge in [0.25, 0.3) is 0 Å². The molecule has 0 amide bonds. The van der Waals surface area contributed by atoms with Crippen LogP contribution in [-0.2, 0) is 0 Å². The van der Waals surface area contributed by atoms with Crippen LogP contribution in [-0.4, -0.2) is 32.1 Å². The summed E-state index contributed by atoms with van der Waals surface area (Å²) >= 11 is 0. The van der Waals surface area contributed by atoms with E-state index in [-0.39, 0.29) is 5.88 Å². The maximum absolute atomic E-state index is 11.3. The summed E-state index contributed by atoms with van der Waals surface area (Å²) in [7, 11) is 1.62. The zero-order chi connectivity index (χ0) is 22.4. The molecule has 0 unspecified atom stereocenters. The largest absolute Gasteiger partial charge is 0.496 e. The molecule has 0 aliphatic rings. The molecule has 6 aromatic rings. The first kappa shape index (κ1) is 19.0. The number of aromatic amines is 1. The lowest BCUT2D eigenvalue weighted by atomic mass is 10.1. The number of methoxy groups -OCH3 is 1. The maximum Gasteiger partial charge on any atom is 0.222 e. The molecular weight excluding hydrogens is 420 g/mol. The topological polar surface area (TPSA) is 102 Å². The van der Waals surface area contributed by atoms with E-state index in [1.165, 1.54) is 6.26 Å². The molecule has 0 saturated carbocycles. The fraction of sp³-hybridized carbons (Fsp3) is 0.0400. The van der Waals surface area contributed by atoms with Gasteiger partial charge in [-0.2, -0.15) is 5.10 Å². The van der Waals surface area contributed by atoms with E-state index in [9.17, 15) is 5.11 Å². The maximum atomic E-state index is 11.3. The molecule has 0 fully saturated rings. The van der Waals surface area contributed by atoms with E-state index in [2.05, 4.69) is 15.4 Å². The Hall–Kier alpha value is -4.72. The Morgan fingerprint density at radius 1 is 0.970 bits per heavy atom. The van der Waals surface area contributed by atoms with E-state index in [1.54, 1.807) is 30.1 Å². The molecule has 2 aromatic carbocycles. The van der Waals surface area contributed by atoms with Crippen molar-refractivity contribution in [3.05, 3.63) is 79.3 Å². The monoisotopic (exact) mass is 438 g/mol. The lowest BCUT2D eigenvalue weighted by Crippen LogP contribution is -1.99. The van der Waals surface area contributed by atoms with E-state index in [4.69, 9.17) is 13.7 Å². The first-order valence-corrected chi connectivity index (χ1v) is 10.3. The van der Waals surface area contributed by atoms with E-state index in [1.807, 2.05) is 54.6 Å². The number of aromatic nitrogens is 4. The molecule has 0 spiro atoms. The van der Waals surface area contributed by atoms with Crippen LogP contribution in [0.2, 0.25) is 0 Å². The Labute approximate surface area is 187 Å². The van der Waals surface area contributed by atoms with Crippen LogP contribution in [0.4, 0.5) is 0 Å². The minimum absolute atomic E-state index is 0.0328. The van der Waals surface area contributed by atoms with Crippen LogP contribution >= 0.6 is 0 Å². The number of fused-ring (bicyclic) bond motifs is 1. The molecule has 2 N–H and O–H groups in total. The number of H-pyrrole nitrogens is 1. The predicted molar refractivity (Wildman–Crippen MR) is 122 cm³/mol. The fourth-order valence-electron chi connectivity index (χ4n) is 4.14. The van der Waals surface area contributed by atoms with Crippen molar-refractivity contribution in [2.24, 2.45) is 0 Å². The number of rotatable bonds is 5. The SMILES string of the molecule is COc1ccccc1-c1c2c(-c3ccco3)n[nH]c2c(O)n1-c1ccc(-c2ccon2)cc1. The Morgan fingerprint density at radius 2 is 1.82 bits per heavy atom. The number of ether oxygens (including phenoxy) is 1. The van der Waals surface area contributed by atoms with Crippen molar-refractivity contribution in [1.29, 1.82) is 0 Å². The molecule has 8 heteroatoms. The van der Waals surface area contributed by atoms with Gasteiger partial charge in [0.15, 0.2) is 5.76 Å². The van der Waals surface area contributed by atoms with Crippen LogP contribution in [0.3, 0.4) is 0 Å². The van der Waals surface area contributed by atoms with Crippen molar-refractivity contribution >= 4 is 10.9 Å². The molecule has 8 nitrogen and oxygen atoms in total. The number of hydrogen-bond donors (Lipinski definition) is 2. The standard InChI is InChI=1S/C25H18N4O4/c1-31-19-6-3-2-5-17(19)24-21-22(20-7-4-13-32-20)26-27-23(21)25(30)29(24)16-10-8-15(9-11-16)18-12-14-33-28-18/h2-14,27,30H,1H3. The second-order valence-electron chi connectivity index (χ2n) is 7.44. The van der Waals surface area contributed by atoms with Crippen LogP contribution in [0.5, 0.6) is 11.6 Å². The van der Waals surface area contributed by atoms with E-state index >= 15 is 0 Å². The third-order valence-electron chi connectivity index (χ3n) is 5.64. The molecule has 0 saturated heterocycles. The summed E-state index contributed by atoms with van der Waals surface area (Å²) in [6.07, 6.45) is 3.13. The Balaban J connectivity index is 1.64. The summed E-state index contributed by atoms with van der Waals surface area (Å²) < 4.78 is 18.0. The van der Waals surface area contributed by atoms with Gasteiger partial charge in [-0.3, -0.25) is 9.67 Å². The summed E-state index contributed by atoms with van der Waals surface area (Å²) in [5, 5.41) is 23.4. The van der Waals surface area contributed by atoms with Crippen molar-refractivity contribution < 1.29 is 18.8 Å². The highest BCUT2D eigenvalue weighted by Gasteiger charge is 2.27. The highest BCUT2D eigenvalue weighted by Crippen LogP contribution is 2.46. The Kier molecular flexibility index (Phi) is 4.29. The van der Waals surface area contributed by atoms with E-state index < -0.39 is 0 Å². The summed E-state index contributed by atoms with van der Waals surface area (Å²) in [4.78, 5) is 0. The average molecular weight is 438 g/mol. The smallest absolute Gasteiger partial charge is 0.222 e. The second-order valence-corrected chi connectivity index (χ2v) is 7.44. The lowest BCUT2D eigenvalue weighted by molar-refractivity contribution is 0.416. The molecule has 33 heavy (non-hydrogen) atoms. The minimum atomic E-state index is 0.0328. The van der Waals surface area contributed by atoms with Crippen molar-refractivity contribution in [1.82, 2.24) is 19.9 Å². The fourth-order valence-corrected chi connectivity index (χ4v) is 4.14. The molecule has 0 aliphatic heterocycles. The molecule has 4 heterocycles. The van der Waals surface area contributed by atoms with E-state index in [0.717, 1.165) is 33.6 Å². The molecule has 162 valence electrons. The first-order valence-electron chi connectivity index (χ1n) is 10.3. The Morgan fingerprint density at radius 3 is 2.55 bits per heavy atom. The first-order chi connectivity index (χ1) is 16.3. The van der Waals surface area contributed by atoms with Crippen molar-refractivity contribution in [3.63, 3.8) is 0 Å². The number of hydrogen-bond acceptors (Lipinski definition) is 6. The Bertz CT molecular complexity index is 1540. The molecule has 0 aliphatic carbocycles. The van der Waals surface area contributed by atoms with Gasteiger partial charge in [-0.1, -0.05) is 29.4 Å². The number of para-hydroxylation sites is 1. The molecule has 0 radical (unpaired) electrons. The minimum Gasteiger partial charge on any atom is -0.496 e. The number of furan rings is 1. The quantitative estimate of drug-likeness (QED) is 0.361. The van der Waals surface area contributed by atoms with Crippen molar-refractivity contribution in [3.8, 4) is 51.3 Å². The summed E-state index contributed by atoms with van der Waals surface area (Å²) in [5.74, 6) is 1.30. The van der Waals surface area contributed by atoms with Crippen LogP contribution < -0.4 is 4.74 Å². The summed E-state index contributed by atoms with van der Waals surface area (Å²) in [5.41, 5.74) is 5.04. The summed E-state index contributed by atoms with van der Waals surface area (Å²) in [6.45, 7) is 0. The third kappa shape index (κ3) is 2.92. The van der Waals surface area contributed by atoms with Gasteiger partial charge in [-0.15, -0.1) is 0 Å². The van der Waals surface area contributed by atoms with Gasteiger partial charge in [0.2, 0.25) is 5.88 Å². The van der Waals surface area contributed by atoms with Crippen LogP contribution in [0.1, 0.15) is 0 Å². The van der Waals surface area contributed by atoms with Gasteiger partial charge < -0.3 is 18.8 Å². The van der Waals surface area contributed by atoms with Crippen LogP contribution in [0, 0.1) is 0 Å². The highest BCUT2D eigenvalue weighted by molar-refractivity contribution is 6.07. The molecule has 4 aromatic heterocycles. The lowest BCUT2D eigenvalue weighted by Gasteiger charge is -2.14. The highest BCUT2D eigenvalue weighted by atomic mass is 16.5. The van der Waals surface area contributed by atoms with Gasteiger partial charge in [0.05, 0.1) is 24.5 Å². The molecular formula is C25H18N4O4. The normalized spacial score (nSPS) is 11.3. The summed E-state index contributed by atoms with van der Waals surface area (Å²) in [6, 6.07) is 20.8. The van der Waals surface area contributed by atoms with Gasteiger partial charge in [0.1, 0.15) is 28.9 Å². The average Bonchev–Trinajstić information content (AvgIpc) is 3.65. The number of nitrogens with one attached hydrogen (secondary N) is 1. The van der Waals surface area contributed by atoms with Crippen molar-refractivity contribution in [2.75, 3.05) is 7.11 Å². The molecule has 6 rings (SSSR count). The van der Waals surface area contributed by atoms with Gasteiger partial charge in [-0.05, 0) is 36.4 Å². The number of nitrogens with zero attached hydrogens (tertiary/aromatic N) is 3. The van der Waals surface area contributed by atoms with E-state index in [0.29, 0.717) is 22.7 Å². The van der Waals surface area contributed by atoms with Crippen molar-refractivity contribution in [2.45, 2.75) is 0 Å². The van der Waals surface area contributed by atoms with Gasteiger partial charge >= 0.3 is 0 Å². The number of benzene rings is 2.